The molecule has 0 spiro atoms. The molecule has 1 aromatic carbocycles. The van der Waals surface area contributed by atoms with Gasteiger partial charge in [0.15, 0.2) is 0 Å². The van der Waals surface area contributed by atoms with Gasteiger partial charge in [-0.25, -0.2) is 4.79 Å². The number of nitrogens with one attached hydrogen (secondary N) is 2. The zero-order valence-electron chi connectivity index (χ0n) is 15.2. The Kier molecular flexibility index (Phi) is 5.86. The molecule has 0 radical (unpaired) electrons. The molecule has 2 N–H and O–H groups in total. The molecule has 0 aromatic heterocycles. The van der Waals surface area contributed by atoms with Crippen LogP contribution in [0.3, 0.4) is 0 Å². The maximum absolute atomic E-state index is 12.1. The lowest BCUT2D eigenvalue weighted by Gasteiger charge is -2.32. The van der Waals surface area contributed by atoms with E-state index in [1.165, 1.54) is 18.4 Å². The number of hydrogen-bond donors (Lipinski definition) is 2. The van der Waals surface area contributed by atoms with Crippen molar-refractivity contribution in [2.75, 3.05) is 11.9 Å². The SMILES string of the molecule is CCCCc1ccc(NC(=O)NC2CC(=O)N(C(C)(C)C)C2)cc1. The number of rotatable bonds is 5. The van der Waals surface area contributed by atoms with Crippen LogP contribution in [-0.4, -0.2) is 35.0 Å². The van der Waals surface area contributed by atoms with Crippen LogP contribution in [0.1, 0.15) is 52.5 Å². The van der Waals surface area contributed by atoms with Crippen LogP contribution in [0.15, 0.2) is 24.3 Å². The molecule has 1 heterocycles. The number of urea groups is 1. The van der Waals surface area contributed by atoms with Crippen molar-refractivity contribution in [2.45, 2.75) is 65.0 Å². The van der Waals surface area contributed by atoms with Crippen molar-refractivity contribution in [1.82, 2.24) is 10.2 Å². The van der Waals surface area contributed by atoms with E-state index in [9.17, 15) is 9.59 Å². The van der Waals surface area contributed by atoms with E-state index in [1.807, 2.05) is 49.9 Å². The Morgan fingerprint density at radius 2 is 1.92 bits per heavy atom. The van der Waals surface area contributed by atoms with Crippen LogP contribution in [0.5, 0.6) is 0 Å². The van der Waals surface area contributed by atoms with E-state index in [0.29, 0.717) is 13.0 Å². The second-order valence-electron chi connectivity index (χ2n) is 7.48. The molecular formula is C19H29N3O2. The van der Waals surface area contributed by atoms with Gasteiger partial charge in [-0.3, -0.25) is 4.79 Å². The van der Waals surface area contributed by atoms with Gasteiger partial charge in [-0.2, -0.15) is 0 Å². The van der Waals surface area contributed by atoms with Gasteiger partial charge in [0.1, 0.15) is 0 Å². The first-order valence-corrected chi connectivity index (χ1v) is 8.76. The monoisotopic (exact) mass is 331 g/mol. The molecule has 24 heavy (non-hydrogen) atoms. The van der Waals surface area contributed by atoms with Gasteiger partial charge in [0.05, 0.1) is 6.04 Å². The Labute approximate surface area is 144 Å². The second kappa shape index (κ2) is 7.69. The summed E-state index contributed by atoms with van der Waals surface area (Å²) in [5, 5.41) is 5.74. The van der Waals surface area contributed by atoms with E-state index in [-0.39, 0.29) is 23.5 Å². The predicted molar refractivity (Wildman–Crippen MR) is 97.1 cm³/mol. The van der Waals surface area contributed by atoms with Crippen molar-refractivity contribution in [3.8, 4) is 0 Å². The predicted octanol–water partition coefficient (Wildman–Crippen LogP) is 3.55. The molecule has 0 aliphatic carbocycles. The van der Waals surface area contributed by atoms with E-state index < -0.39 is 0 Å². The van der Waals surface area contributed by atoms with Crippen LogP contribution in [-0.2, 0) is 11.2 Å². The van der Waals surface area contributed by atoms with Crippen molar-refractivity contribution < 1.29 is 9.59 Å². The Hall–Kier alpha value is -2.04. The Morgan fingerprint density at radius 3 is 2.46 bits per heavy atom. The highest BCUT2D eigenvalue weighted by atomic mass is 16.2. The van der Waals surface area contributed by atoms with E-state index in [4.69, 9.17) is 0 Å². The fourth-order valence-corrected chi connectivity index (χ4v) is 2.94. The lowest BCUT2D eigenvalue weighted by atomic mass is 10.1. The molecule has 1 aromatic rings. The van der Waals surface area contributed by atoms with Crippen molar-refractivity contribution in [3.05, 3.63) is 29.8 Å². The number of benzene rings is 1. The molecule has 3 amide bonds. The van der Waals surface area contributed by atoms with Crippen LogP contribution < -0.4 is 10.6 Å². The Bertz CT molecular complexity index is 575. The summed E-state index contributed by atoms with van der Waals surface area (Å²) >= 11 is 0. The van der Waals surface area contributed by atoms with Crippen LogP contribution in [0, 0.1) is 0 Å². The van der Waals surface area contributed by atoms with Crippen molar-refractivity contribution in [1.29, 1.82) is 0 Å². The molecule has 2 rings (SSSR count). The molecule has 1 aliphatic heterocycles. The fraction of sp³-hybridized carbons (Fsp3) is 0.579. The minimum Gasteiger partial charge on any atom is -0.336 e. The summed E-state index contributed by atoms with van der Waals surface area (Å²) in [5.74, 6) is 0.0908. The minimum atomic E-state index is -0.259. The number of carbonyl (C=O) groups is 2. The number of nitrogens with zero attached hydrogens (tertiary/aromatic N) is 1. The first kappa shape index (κ1) is 18.3. The van der Waals surface area contributed by atoms with Gasteiger partial charge in [-0.05, 0) is 51.3 Å². The smallest absolute Gasteiger partial charge is 0.319 e. The summed E-state index contributed by atoms with van der Waals surface area (Å²) in [6, 6.07) is 7.54. The maximum Gasteiger partial charge on any atom is 0.319 e. The summed E-state index contributed by atoms with van der Waals surface area (Å²) in [6.45, 7) is 8.76. The van der Waals surface area contributed by atoms with Crippen molar-refractivity contribution in [2.24, 2.45) is 0 Å². The lowest BCUT2D eigenvalue weighted by molar-refractivity contribution is -0.131. The van der Waals surface area contributed by atoms with Crippen LogP contribution in [0.25, 0.3) is 0 Å². The molecule has 1 fully saturated rings. The minimum absolute atomic E-state index is 0.0908. The van der Waals surface area contributed by atoms with Crippen LogP contribution >= 0.6 is 0 Å². The van der Waals surface area contributed by atoms with E-state index >= 15 is 0 Å². The third-order valence-corrected chi connectivity index (χ3v) is 4.30. The molecule has 5 nitrogen and oxygen atoms in total. The lowest BCUT2D eigenvalue weighted by Crippen LogP contribution is -2.45. The van der Waals surface area contributed by atoms with Gasteiger partial charge < -0.3 is 15.5 Å². The zero-order valence-corrected chi connectivity index (χ0v) is 15.2. The summed E-state index contributed by atoms with van der Waals surface area (Å²) in [6.07, 6.45) is 3.78. The highest BCUT2D eigenvalue weighted by Crippen LogP contribution is 2.22. The molecule has 132 valence electrons. The summed E-state index contributed by atoms with van der Waals surface area (Å²) in [7, 11) is 0. The molecule has 1 unspecified atom stereocenters. The van der Waals surface area contributed by atoms with Crippen molar-refractivity contribution in [3.63, 3.8) is 0 Å². The quantitative estimate of drug-likeness (QED) is 0.867. The van der Waals surface area contributed by atoms with Gasteiger partial charge in [0, 0.05) is 24.2 Å². The van der Waals surface area contributed by atoms with Gasteiger partial charge >= 0.3 is 6.03 Å². The third-order valence-electron chi connectivity index (χ3n) is 4.30. The number of carbonyl (C=O) groups excluding carboxylic acids is 2. The number of likely N-dealkylation sites (tertiary alicyclic amines) is 1. The standard InChI is InChI=1S/C19H29N3O2/c1-5-6-7-14-8-10-15(11-9-14)20-18(24)21-16-12-17(23)22(13-16)19(2,3)4/h8-11,16H,5-7,12-13H2,1-4H3,(H2,20,21,24). The zero-order chi connectivity index (χ0) is 17.7. The second-order valence-corrected chi connectivity index (χ2v) is 7.48. The Balaban J connectivity index is 1.84. The molecule has 1 saturated heterocycles. The number of anilines is 1. The van der Waals surface area contributed by atoms with Gasteiger partial charge in [-0.15, -0.1) is 0 Å². The largest absolute Gasteiger partial charge is 0.336 e. The normalized spacial score (nSPS) is 17.9. The average molecular weight is 331 g/mol. The topological polar surface area (TPSA) is 61.4 Å². The fourth-order valence-electron chi connectivity index (χ4n) is 2.94. The first-order chi connectivity index (χ1) is 11.3. The number of hydrogen-bond acceptors (Lipinski definition) is 2. The van der Waals surface area contributed by atoms with E-state index in [0.717, 1.165) is 12.1 Å². The maximum atomic E-state index is 12.1. The molecule has 0 saturated carbocycles. The molecule has 1 atom stereocenters. The van der Waals surface area contributed by atoms with Gasteiger partial charge in [0.25, 0.3) is 0 Å². The van der Waals surface area contributed by atoms with E-state index in [2.05, 4.69) is 17.6 Å². The average Bonchev–Trinajstić information content (AvgIpc) is 2.87. The molecule has 1 aliphatic rings. The number of aryl methyl sites for hydroxylation is 1. The van der Waals surface area contributed by atoms with Gasteiger partial charge in [-0.1, -0.05) is 25.5 Å². The molecule has 0 bridgehead atoms. The highest BCUT2D eigenvalue weighted by molar-refractivity contribution is 5.90. The van der Waals surface area contributed by atoms with Gasteiger partial charge in [0.2, 0.25) is 5.91 Å². The van der Waals surface area contributed by atoms with Crippen LogP contribution in [0.4, 0.5) is 10.5 Å². The molecular weight excluding hydrogens is 302 g/mol. The number of unbranched alkanes of at least 4 members (excludes halogenated alkanes) is 1. The molecule has 5 heteroatoms. The first-order valence-electron chi connectivity index (χ1n) is 8.76. The summed E-state index contributed by atoms with van der Waals surface area (Å²) in [4.78, 5) is 26.0. The summed E-state index contributed by atoms with van der Waals surface area (Å²) in [5.41, 5.74) is 1.84. The summed E-state index contributed by atoms with van der Waals surface area (Å²) < 4.78 is 0. The highest BCUT2D eigenvalue weighted by Gasteiger charge is 2.36. The van der Waals surface area contributed by atoms with Crippen molar-refractivity contribution >= 4 is 17.6 Å². The van der Waals surface area contributed by atoms with E-state index in [1.54, 1.807) is 0 Å². The number of amides is 3. The Morgan fingerprint density at radius 1 is 1.25 bits per heavy atom. The third kappa shape index (κ3) is 4.98. The van der Waals surface area contributed by atoms with Crippen LogP contribution in [0.2, 0.25) is 0 Å².